The minimum atomic E-state index is -0.197. The molecule has 3 aromatic rings. The molecular weight excluding hydrogens is 394 g/mol. The molecule has 4 rings (SSSR count). The first-order valence-corrected chi connectivity index (χ1v) is 10.7. The first-order chi connectivity index (χ1) is 14.6. The number of rotatable bonds is 4. The third kappa shape index (κ3) is 4.04. The van der Waals surface area contributed by atoms with E-state index in [-0.39, 0.29) is 11.9 Å². The fraction of sp³-hybridized carbons (Fsp3) is 0.167. The van der Waals surface area contributed by atoms with Gasteiger partial charge >= 0.3 is 6.03 Å². The molecule has 152 valence electrons. The van der Waals surface area contributed by atoms with Gasteiger partial charge in [-0.1, -0.05) is 54.2 Å². The Hall–Kier alpha value is -3.25. The van der Waals surface area contributed by atoms with Gasteiger partial charge in [0.2, 0.25) is 0 Å². The van der Waals surface area contributed by atoms with Crippen LogP contribution in [0.3, 0.4) is 0 Å². The van der Waals surface area contributed by atoms with Crippen LogP contribution in [-0.4, -0.2) is 30.4 Å². The molecule has 0 radical (unpaired) electrons. The van der Waals surface area contributed by atoms with Gasteiger partial charge in [0.05, 0.1) is 11.3 Å². The van der Waals surface area contributed by atoms with Crippen molar-refractivity contribution in [3.8, 4) is 0 Å². The Morgan fingerprint density at radius 2 is 1.73 bits per heavy atom. The number of anilines is 2. The van der Waals surface area contributed by atoms with E-state index in [0.29, 0.717) is 24.3 Å². The molecule has 3 aromatic carbocycles. The molecule has 0 aromatic heterocycles. The van der Waals surface area contributed by atoms with Gasteiger partial charge in [0.15, 0.2) is 0 Å². The smallest absolute Gasteiger partial charge is 0.321 e. The summed E-state index contributed by atoms with van der Waals surface area (Å²) in [7, 11) is 1.76. The third-order valence-corrected chi connectivity index (χ3v) is 6.15. The Bertz CT molecular complexity index is 1080. The summed E-state index contributed by atoms with van der Waals surface area (Å²) in [6.45, 7) is 3.02. The average Bonchev–Trinajstić information content (AvgIpc) is 2.88. The van der Waals surface area contributed by atoms with Crippen molar-refractivity contribution >= 4 is 35.1 Å². The van der Waals surface area contributed by atoms with Crippen molar-refractivity contribution in [3.63, 3.8) is 0 Å². The summed E-state index contributed by atoms with van der Waals surface area (Å²) in [5.41, 5.74) is 3.24. The summed E-state index contributed by atoms with van der Waals surface area (Å²) in [4.78, 5) is 31.1. The molecule has 3 amide bonds. The van der Waals surface area contributed by atoms with Crippen LogP contribution in [0.25, 0.3) is 0 Å². The van der Waals surface area contributed by atoms with Crippen molar-refractivity contribution in [2.75, 3.05) is 23.8 Å². The summed E-state index contributed by atoms with van der Waals surface area (Å²) in [5, 5.41) is 2.95. The second kappa shape index (κ2) is 8.63. The number of nitrogens with zero attached hydrogens (tertiary/aromatic N) is 2. The molecule has 0 fully saturated rings. The standard InChI is InChI=1S/C24H23N3O2S/c1-3-27-20-15-18(25-24(29)26(2)16-17-9-5-4-6-10-17)13-14-22(20)30-21-12-8-7-11-19(21)23(27)28/h4-15H,3,16H2,1-2H3,(H,25,29). The normalized spacial score (nSPS) is 12.6. The second-order valence-corrected chi connectivity index (χ2v) is 8.19. The van der Waals surface area contributed by atoms with E-state index in [0.717, 1.165) is 21.0 Å². The van der Waals surface area contributed by atoms with Crippen LogP contribution in [0, 0.1) is 0 Å². The Labute approximate surface area is 180 Å². The van der Waals surface area contributed by atoms with Crippen molar-refractivity contribution < 1.29 is 9.59 Å². The third-order valence-electron chi connectivity index (χ3n) is 5.01. The molecule has 6 heteroatoms. The summed E-state index contributed by atoms with van der Waals surface area (Å²) in [6.07, 6.45) is 0. The fourth-order valence-electron chi connectivity index (χ4n) is 3.46. The predicted octanol–water partition coefficient (Wildman–Crippen LogP) is 5.48. The summed E-state index contributed by atoms with van der Waals surface area (Å²) < 4.78 is 0. The van der Waals surface area contributed by atoms with Crippen LogP contribution in [0.4, 0.5) is 16.2 Å². The van der Waals surface area contributed by atoms with E-state index in [2.05, 4.69) is 5.32 Å². The van der Waals surface area contributed by atoms with Crippen molar-refractivity contribution in [1.29, 1.82) is 0 Å². The predicted molar refractivity (Wildman–Crippen MR) is 121 cm³/mol. The first-order valence-electron chi connectivity index (χ1n) is 9.85. The molecule has 1 aliphatic rings. The maximum absolute atomic E-state index is 13.1. The molecule has 0 bridgehead atoms. The highest BCUT2D eigenvalue weighted by Crippen LogP contribution is 2.42. The van der Waals surface area contributed by atoms with Crippen LogP contribution in [0.2, 0.25) is 0 Å². The highest BCUT2D eigenvalue weighted by Gasteiger charge is 2.26. The summed E-state index contributed by atoms with van der Waals surface area (Å²) >= 11 is 1.58. The number of hydrogen-bond acceptors (Lipinski definition) is 3. The van der Waals surface area contributed by atoms with Crippen molar-refractivity contribution in [2.45, 2.75) is 23.3 Å². The molecule has 0 saturated carbocycles. The SMILES string of the molecule is CCN1C(=O)c2ccccc2Sc2ccc(NC(=O)N(C)Cc3ccccc3)cc21. The molecule has 1 aliphatic heterocycles. The zero-order chi connectivity index (χ0) is 21.1. The molecule has 0 unspecified atom stereocenters. The lowest BCUT2D eigenvalue weighted by molar-refractivity contribution is 0.0985. The van der Waals surface area contributed by atoms with Crippen molar-refractivity contribution in [3.05, 3.63) is 83.9 Å². The van der Waals surface area contributed by atoms with E-state index in [1.165, 1.54) is 0 Å². The highest BCUT2D eigenvalue weighted by atomic mass is 32.2. The van der Waals surface area contributed by atoms with Gasteiger partial charge in [-0.3, -0.25) is 4.79 Å². The molecule has 0 atom stereocenters. The monoisotopic (exact) mass is 417 g/mol. The van der Waals surface area contributed by atoms with Crippen LogP contribution in [-0.2, 0) is 6.54 Å². The van der Waals surface area contributed by atoms with Gasteiger partial charge in [0, 0.05) is 35.6 Å². The second-order valence-electron chi connectivity index (χ2n) is 7.10. The quantitative estimate of drug-likeness (QED) is 0.611. The number of carbonyl (C=O) groups excluding carboxylic acids is 2. The highest BCUT2D eigenvalue weighted by molar-refractivity contribution is 7.99. The number of carbonyl (C=O) groups is 2. The largest absolute Gasteiger partial charge is 0.323 e. The lowest BCUT2D eigenvalue weighted by Gasteiger charge is -2.23. The molecule has 1 N–H and O–H groups in total. The molecule has 5 nitrogen and oxygen atoms in total. The minimum absolute atomic E-state index is 0.0241. The molecule has 30 heavy (non-hydrogen) atoms. The van der Waals surface area contributed by atoms with E-state index in [1.54, 1.807) is 28.6 Å². The zero-order valence-corrected chi connectivity index (χ0v) is 17.8. The lowest BCUT2D eigenvalue weighted by atomic mass is 10.1. The van der Waals surface area contributed by atoms with E-state index in [1.807, 2.05) is 79.7 Å². The molecular formula is C24H23N3O2S. The molecule has 0 spiro atoms. The minimum Gasteiger partial charge on any atom is -0.323 e. The topological polar surface area (TPSA) is 52.7 Å². The van der Waals surface area contributed by atoms with E-state index in [4.69, 9.17) is 0 Å². The van der Waals surface area contributed by atoms with Crippen LogP contribution in [0.15, 0.2) is 82.6 Å². The number of amides is 3. The Kier molecular flexibility index (Phi) is 5.77. The van der Waals surface area contributed by atoms with Gasteiger partial charge < -0.3 is 15.1 Å². The Balaban J connectivity index is 1.57. The van der Waals surface area contributed by atoms with Crippen LogP contribution in [0.1, 0.15) is 22.8 Å². The van der Waals surface area contributed by atoms with Gasteiger partial charge in [-0.15, -0.1) is 0 Å². The number of nitrogens with one attached hydrogen (secondary N) is 1. The summed E-state index contributed by atoms with van der Waals surface area (Å²) in [5.74, 6) is -0.0241. The van der Waals surface area contributed by atoms with Gasteiger partial charge in [-0.2, -0.15) is 0 Å². The molecule has 0 saturated heterocycles. The zero-order valence-electron chi connectivity index (χ0n) is 17.0. The van der Waals surface area contributed by atoms with Crippen LogP contribution < -0.4 is 10.2 Å². The van der Waals surface area contributed by atoms with E-state index in [9.17, 15) is 9.59 Å². The van der Waals surface area contributed by atoms with Crippen LogP contribution in [0.5, 0.6) is 0 Å². The summed E-state index contributed by atoms with van der Waals surface area (Å²) in [6, 6.07) is 23.0. The van der Waals surface area contributed by atoms with Crippen molar-refractivity contribution in [2.24, 2.45) is 0 Å². The van der Waals surface area contributed by atoms with Crippen molar-refractivity contribution in [1.82, 2.24) is 4.90 Å². The van der Waals surface area contributed by atoms with Gasteiger partial charge in [-0.05, 0) is 42.8 Å². The maximum Gasteiger partial charge on any atom is 0.321 e. The van der Waals surface area contributed by atoms with E-state index >= 15 is 0 Å². The number of urea groups is 1. The number of hydrogen-bond donors (Lipinski definition) is 1. The lowest BCUT2D eigenvalue weighted by Crippen LogP contribution is -2.32. The fourth-order valence-corrected chi connectivity index (χ4v) is 4.52. The van der Waals surface area contributed by atoms with Gasteiger partial charge in [0.25, 0.3) is 5.91 Å². The number of benzene rings is 3. The van der Waals surface area contributed by atoms with Crippen LogP contribution >= 0.6 is 11.8 Å². The van der Waals surface area contributed by atoms with E-state index < -0.39 is 0 Å². The number of fused-ring (bicyclic) bond motifs is 2. The first kappa shape index (κ1) is 20.0. The van der Waals surface area contributed by atoms with Gasteiger partial charge in [0.1, 0.15) is 0 Å². The maximum atomic E-state index is 13.1. The average molecular weight is 418 g/mol. The Morgan fingerprint density at radius 3 is 2.50 bits per heavy atom. The van der Waals surface area contributed by atoms with Gasteiger partial charge in [-0.25, -0.2) is 4.79 Å². The Morgan fingerprint density at radius 1 is 1.00 bits per heavy atom. The molecule has 0 aliphatic carbocycles. The molecule has 1 heterocycles.